The maximum absolute atomic E-state index is 9.59. The standard InChI is InChI=1S/C17H17N5OS/c1-12-16(13(2)22(3)21-12)23-17(8-6-10-19-14(17)11-18)24-15-7-4-5-9-20-15/h4-10,14H,1-3H3. The zero-order valence-corrected chi connectivity index (χ0v) is 14.5. The predicted molar refractivity (Wildman–Crippen MR) is 93.2 cm³/mol. The summed E-state index contributed by atoms with van der Waals surface area (Å²) in [7, 11) is 1.87. The Morgan fingerprint density at radius 2 is 2.21 bits per heavy atom. The van der Waals surface area contributed by atoms with Crippen molar-refractivity contribution in [3.8, 4) is 11.8 Å². The van der Waals surface area contributed by atoms with Gasteiger partial charge in [-0.3, -0.25) is 9.67 Å². The van der Waals surface area contributed by atoms with E-state index in [1.54, 1.807) is 23.2 Å². The van der Waals surface area contributed by atoms with Crippen molar-refractivity contribution in [2.24, 2.45) is 12.0 Å². The SMILES string of the molecule is Cc1nn(C)c(C)c1OC1(Sc2ccccn2)C=CC=NC1C#N. The van der Waals surface area contributed by atoms with Gasteiger partial charge in [-0.05, 0) is 38.1 Å². The van der Waals surface area contributed by atoms with E-state index in [-0.39, 0.29) is 0 Å². The van der Waals surface area contributed by atoms with Gasteiger partial charge in [0.2, 0.25) is 4.93 Å². The topological polar surface area (TPSA) is 76.1 Å². The quantitative estimate of drug-likeness (QED) is 0.801. The zero-order valence-electron chi connectivity index (χ0n) is 13.7. The van der Waals surface area contributed by atoms with Gasteiger partial charge in [0.05, 0.1) is 11.8 Å². The third-order valence-electron chi connectivity index (χ3n) is 3.76. The number of allylic oxidation sites excluding steroid dienone is 1. The average molecular weight is 339 g/mol. The molecular weight excluding hydrogens is 322 g/mol. The first-order chi connectivity index (χ1) is 11.6. The third kappa shape index (κ3) is 2.93. The van der Waals surface area contributed by atoms with E-state index in [1.807, 2.05) is 45.2 Å². The summed E-state index contributed by atoms with van der Waals surface area (Å²) in [6.45, 7) is 3.82. The average Bonchev–Trinajstić information content (AvgIpc) is 2.82. The smallest absolute Gasteiger partial charge is 0.215 e. The molecule has 0 N–H and O–H groups in total. The van der Waals surface area contributed by atoms with Crippen molar-refractivity contribution in [1.82, 2.24) is 14.8 Å². The monoisotopic (exact) mass is 339 g/mol. The summed E-state index contributed by atoms with van der Waals surface area (Å²) >= 11 is 1.37. The molecule has 0 aromatic carbocycles. The van der Waals surface area contributed by atoms with E-state index in [0.29, 0.717) is 5.75 Å². The van der Waals surface area contributed by atoms with Crippen LogP contribution in [0.25, 0.3) is 0 Å². The van der Waals surface area contributed by atoms with Gasteiger partial charge in [-0.2, -0.15) is 10.4 Å². The van der Waals surface area contributed by atoms with Crippen LogP contribution < -0.4 is 4.74 Å². The number of aromatic nitrogens is 3. The molecule has 24 heavy (non-hydrogen) atoms. The second-order valence-corrected chi connectivity index (χ2v) is 6.67. The molecule has 0 amide bonds. The molecule has 0 spiro atoms. The minimum absolute atomic E-state index is 0.669. The van der Waals surface area contributed by atoms with Crippen LogP contribution in [0.1, 0.15) is 11.4 Å². The molecule has 0 aliphatic carbocycles. The van der Waals surface area contributed by atoms with Crippen LogP contribution in [0.15, 0.2) is 46.6 Å². The molecule has 2 aromatic heterocycles. The molecular formula is C17H17N5OS. The van der Waals surface area contributed by atoms with Crippen molar-refractivity contribution in [2.75, 3.05) is 0 Å². The summed E-state index contributed by atoms with van der Waals surface area (Å²) in [6, 6.07) is 7.19. The van der Waals surface area contributed by atoms with Crippen molar-refractivity contribution >= 4 is 18.0 Å². The largest absolute Gasteiger partial charge is 0.465 e. The second-order valence-electron chi connectivity index (χ2n) is 5.41. The highest BCUT2D eigenvalue weighted by molar-refractivity contribution is 8.00. The van der Waals surface area contributed by atoms with Gasteiger partial charge in [-0.1, -0.05) is 17.8 Å². The Bertz CT molecular complexity index is 837. The van der Waals surface area contributed by atoms with E-state index in [0.717, 1.165) is 16.4 Å². The highest BCUT2D eigenvalue weighted by Gasteiger charge is 2.43. The Hall–Kier alpha value is -2.59. The predicted octanol–water partition coefficient (Wildman–Crippen LogP) is 2.83. The Kier molecular flexibility index (Phi) is 4.40. The van der Waals surface area contributed by atoms with Crippen LogP contribution in [-0.4, -0.2) is 32.0 Å². The van der Waals surface area contributed by atoms with Gasteiger partial charge in [0.25, 0.3) is 0 Å². The van der Waals surface area contributed by atoms with E-state index in [4.69, 9.17) is 4.74 Å². The van der Waals surface area contributed by atoms with Crippen molar-refractivity contribution < 1.29 is 4.74 Å². The van der Waals surface area contributed by atoms with Crippen molar-refractivity contribution in [3.05, 3.63) is 47.9 Å². The molecule has 1 aliphatic heterocycles. The second kappa shape index (κ2) is 6.49. The molecule has 0 saturated heterocycles. The summed E-state index contributed by atoms with van der Waals surface area (Å²) in [5, 5.41) is 14.7. The van der Waals surface area contributed by atoms with Gasteiger partial charge < -0.3 is 4.74 Å². The number of aryl methyl sites for hydroxylation is 2. The molecule has 1 aliphatic rings. The highest BCUT2D eigenvalue weighted by atomic mass is 32.2. The van der Waals surface area contributed by atoms with Crippen LogP contribution in [0, 0.1) is 25.2 Å². The molecule has 2 aromatic rings. The number of pyridine rings is 1. The first-order valence-corrected chi connectivity index (χ1v) is 8.27. The Balaban J connectivity index is 2.04. The number of hydrogen-bond acceptors (Lipinski definition) is 6. The minimum atomic E-state index is -0.990. The van der Waals surface area contributed by atoms with Gasteiger partial charge in [-0.25, -0.2) is 4.98 Å². The Labute approximate surface area is 144 Å². The number of nitrogens with zero attached hydrogens (tertiary/aromatic N) is 5. The molecule has 0 bridgehead atoms. The molecule has 0 saturated carbocycles. The van der Waals surface area contributed by atoms with Gasteiger partial charge in [0.1, 0.15) is 10.7 Å². The van der Waals surface area contributed by atoms with E-state index in [1.165, 1.54) is 11.8 Å². The van der Waals surface area contributed by atoms with Gasteiger partial charge in [0, 0.05) is 19.5 Å². The van der Waals surface area contributed by atoms with E-state index < -0.39 is 11.0 Å². The normalized spacial score (nSPS) is 22.3. The third-order valence-corrected chi connectivity index (χ3v) is 4.97. The maximum Gasteiger partial charge on any atom is 0.215 e. The molecule has 0 radical (unpaired) electrons. The Morgan fingerprint density at radius 3 is 2.83 bits per heavy atom. The molecule has 2 atom stereocenters. The van der Waals surface area contributed by atoms with E-state index in [2.05, 4.69) is 21.1 Å². The summed E-state index contributed by atoms with van der Waals surface area (Å²) in [4.78, 5) is 7.64. The van der Waals surface area contributed by atoms with Crippen molar-refractivity contribution in [1.29, 1.82) is 5.26 Å². The number of ether oxygens (including phenoxy) is 1. The van der Waals surface area contributed by atoms with Crippen molar-refractivity contribution in [3.63, 3.8) is 0 Å². The lowest BCUT2D eigenvalue weighted by Gasteiger charge is -2.33. The fourth-order valence-electron chi connectivity index (χ4n) is 2.46. The lowest BCUT2D eigenvalue weighted by molar-refractivity contribution is 0.199. The van der Waals surface area contributed by atoms with Crippen LogP contribution in [-0.2, 0) is 7.05 Å². The van der Waals surface area contributed by atoms with Crippen LogP contribution in [0.5, 0.6) is 5.75 Å². The molecule has 3 rings (SSSR count). The highest BCUT2D eigenvalue weighted by Crippen LogP contribution is 2.41. The number of nitriles is 1. The zero-order chi connectivity index (χ0) is 17.2. The molecule has 7 heteroatoms. The molecule has 0 fully saturated rings. The minimum Gasteiger partial charge on any atom is -0.465 e. The lowest BCUT2D eigenvalue weighted by Crippen LogP contribution is -2.43. The van der Waals surface area contributed by atoms with Gasteiger partial charge >= 0.3 is 0 Å². The summed E-state index contributed by atoms with van der Waals surface area (Å²) in [5.41, 5.74) is 1.67. The first-order valence-electron chi connectivity index (χ1n) is 7.45. The molecule has 2 unspecified atom stereocenters. The maximum atomic E-state index is 9.59. The Morgan fingerprint density at radius 1 is 1.38 bits per heavy atom. The summed E-state index contributed by atoms with van der Waals surface area (Å²) in [6.07, 6.45) is 7.00. The van der Waals surface area contributed by atoms with Gasteiger partial charge in [-0.15, -0.1) is 0 Å². The van der Waals surface area contributed by atoms with Crippen molar-refractivity contribution in [2.45, 2.75) is 29.8 Å². The number of hydrogen-bond donors (Lipinski definition) is 0. The van der Waals surface area contributed by atoms with Gasteiger partial charge in [0.15, 0.2) is 11.8 Å². The number of dihydropyridines is 1. The lowest BCUT2D eigenvalue weighted by atomic mass is 10.1. The number of rotatable bonds is 4. The number of aliphatic imine (C=N–C) groups is 1. The summed E-state index contributed by atoms with van der Waals surface area (Å²) in [5.74, 6) is 0.669. The fraction of sp³-hybridized carbons (Fsp3) is 0.294. The molecule has 3 heterocycles. The number of thioether (sulfide) groups is 1. The van der Waals surface area contributed by atoms with E-state index >= 15 is 0 Å². The van der Waals surface area contributed by atoms with Crippen LogP contribution in [0.3, 0.4) is 0 Å². The van der Waals surface area contributed by atoms with E-state index in [9.17, 15) is 5.26 Å². The summed E-state index contributed by atoms with van der Waals surface area (Å²) < 4.78 is 8.11. The van der Waals surface area contributed by atoms with Crippen LogP contribution >= 0.6 is 11.8 Å². The van der Waals surface area contributed by atoms with Crippen LogP contribution in [0.4, 0.5) is 0 Å². The molecule has 6 nitrogen and oxygen atoms in total. The van der Waals surface area contributed by atoms with Crippen LogP contribution in [0.2, 0.25) is 0 Å². The molecule has 122 valence electrons. The first kappa shape index (κ1) is 16.3. The fourth-order valence-corrected chi connectivity index (χ4v) is 3.55.